The second-order valence-electron chi connectivity index (χ2n) is 11.8. The normalized spacial score (nSPS) is 16.6. The van der Waals surface area contributed by atoms with Crippen LogP contribution in [0.15, 0.2) is 0 Å². The summed E-state index contributed by atoms with van der Waals surface area (Å²) in [5, 5.41) is 8.63. The molecule has 0 heterocycles. The topological polar surface area (TPSA) is 37.3 Å². The molecule has 0 radical (unpaired) electrons. The molecule has 0 atom stereocenters. The molecule has 54 heavy (non-hydrogen) atoms. The fraction of sp³-hybridized carbons (Fsp3) is 0.955. The molecule has 32 heteroatoms. The van der Waals surface area contributed by atoms with Gasteiger partial charge < -0.3 is 9.59 Å². The summed E-state index contributed by atoms with van der Waals surface area (Å²) < 4.78 is 393. The fourth-order valence-electron chi connectivity index (χ4n) is 3.87. The Hall–Kier alpha value is -2.60. The molecule has 0 rings (SSSR count). The predicted octanol–water partition coefficient (Wildman–Crippen LogP) is 10.1. The predicted molar refractivity (Wildman–Crippen MR) is 114 cm³/mol. The van der Waals surface area contributed by atoms with Crippen molar-refractivity contribution in [3.63, 3.8) is 0 Å². The van der Waals surface area contributed by atoms with Gasteiger partial charge in [-0.2, -0.15) is 127 Å². The van der Waals surface area contributed by atoms with Crippen molar-refractivity contribution >= 4 is 5.97 Å². The number of halogens is 29. The Balaban J connectivity index is 7.17. The molecule has 0 aliphatic carbocycles. The van der Waals surface area contributed by atoms with Gasteiger partial charge in [0.05, 0.1) is 20.6 Å². The molecular formula is C22H17F29NO2+. The number of carbonyl (C=O) groups is 1. The van der Waals surface area contributed by atoms with E-state index in [1.165, 1.54) is 0 Å². The summed E-state index contributed by atoms with van der Waals surface area (Å²) in [5.41, 5.74) is 0. The molecule has 0 aliphatic rings. The molecule has 0 spiro atoms. The molecule has 0 bridgehead atoms. The molecule has 0 fully saturated rings. The summed E-state index contributed by atoms with van der Waals surface area (Å²) in [4.78, 5) is 10.7. The highest BCUT2D eigenvalue weighted by Crippen LogP contribution is 2.69. The molecule has 0 aromatic heterocycles. The van der Waals surface area contributed by atoms with Gasteiger partial charge in [-0.05, 0) is 12.8 Å². The van der Waals surface area contributed by atoms with Gasteiger partial charge in [0.15, 0.2) is 6.54 Å². The molecule has 0 amide bonds. The number of quaternary nitrogens is 1. The van der Waals surface area contributed by atoms with Gasteiger partial charge in [0.1, 0.15) is 0 Å². The van der Waals surface area contributed by atoms with Crippen LogP contribution in [-0.2, 0) is 4.79 Å². The van der Waals surface area contributed by atoms with Crippen molar-refractivity contribution in [2.75, 3.05) is 27.2 Å². The second-order valence-corrected chi connectivity index (χ2v) is 11.8. The quantitative estimate of drug-likeness (QED) is 0.0798. The third-order valence-electron chi connectivity index (χ3n) is 7.22. The summed E-state index contributed by atoms with van der Waals surface area (Å²) in [6.07, 6.45) is -13.8. The highest BCUT2D eigenvalue weighted by atomic mass is 19.4. The van der Waals surface area contributed by atoms with Crippen LogP contribution >= 0.6 is 0 Å². The summed E-state index contributed by atoms with van der Waals surface area (Å²) in [6.45, 7) is -1.57. The van der Waals surface area contributed by atoms with E-state index in [-0.39, 0.29) is 0 Å². The van der Waals surface area contributed by atoms with Gasteiger partial charge >= 0.3 is 89.1 Å². The van der Waals surface area contributed by atoms with E-state index >= 15 is 0 Å². The number of hydrogen-bond acceptors (Lipinski definition) is 1. The number of aliphatic carboxylic acids is 1. The van der Waals surface area contributed by atoms with Crippen LogP contribution in [0.25, 0.3) is 0 Å². The molecule has 324 valence electrons. The van der Waals surface area contributed by atoms with E-state index in [0.717, 1.165) is 14.1 Å². The average molecular weight is 878 g/mol. The number of alkyl halides is 29. The zero-order valence-electron chi connectivity index (χ0n) is 25.3. The monoisotopic (exact) mass is 878 g/mol. The van der Waals surface area contributed by atoms with Gasteiger partial charge in [-0.1, -0.05) is 0 Å². The Morgan fingerprint density at radius 1 is 0.389 bits per heavy atom. The minimum absolute atomic E-state index is 0.688. The number of likely N-dealkylation sites (N-methyl/N-ethyl adjacent to an activating group) is 1. The van der Waals surface area contributed by atoms with Crippen molar-refractivity contribution in [1.29, 1.82) is 0 Å². The Labute approximate surface area is 278 Å². The van der Waals surface area contributed by atoms with Gasteiger partial charge in [0, 0.05) is 6.42 Å². The number of rotatable bonds is 19. The van der Waals surface area contributed by atoms with Crippen molar-refractivity contribution in [3.05, 3.63) is 0 Å². The number of carboxylic acids is 1. The fourth-order valence-corrected chi connectivity index (χ4v) is 3.87. The number of unbranched alkanes of at least 4 members (excludes halogenated alkanes) is 1. The van der Waals surface area contributed by atoms with Crippen LogP contribution in [0.3, 0.4) is 0 Å². The lowest BCUT2D eigenvalue weighted by Crippen LogP contribution is -2.79. The maximum atomic E-state index is 14.0. The van der Waals surface area contributed by atoms with E-state index in [4.69, 9.17) is 5.11 Å². The first-order valence-electron chi connectivity index (χ1n) is 12.9. The Morgan fingerprint density at radius 2 is 0.611 bits per heavy atom. The minimum atomic E-state index is -9.95. The van der Waals surface area contributed by atoms with E-state index < -0.39 is 126 Å². The van der Waals surface area contributed by atoms with Gasteiger partial charge in [0.25, 0.3) is 0 Å². The zero-order valence-corrected chi connectivity index (χ0v) is 25.3. The van der Waals surface area contributed by atoms with E-state index in [1.54, 1.807) is 0 Å². The lowest BCUT2D eigenvalue weighted by Gasteiger charge is -2.46. The van der Waals surface area contributed by atoms with Crippen molar-refractivity contribution in [2.24, 2.45) is 0 Å². The molecule has 3 nitrogen and oxygen atoms in total. The van der Waals surface area contributed by atoms with Crippen molar-refractivity contribution < 1.29 is 142 Å². The minimum Gasteiger partial charge on any atom is -0.477 e. The summed E-state index contributed by atoms with van der Waals surface area (Å²) in [6, 6.07) is 0. The lowest BCUT2D eigenvalue weighted by atomic mass is 9.83. The second kappa shape index (κ2) is 13.5. The van der Waals surface area contributed by atoms with Gasteiger partial charge in [-0.15, -0.1) is 0 Å². The van der Waals surface area contributed by atoms with Crippen LogP contribution in [0, 0.1) is 0 Å². The maximum Gasteiger partial charge on any atom is 0.460 e. The Kier molecular flexibility index (Phi) is 12.9. The SMILES string of the molecule is C[N+](C)(CCCCC(F)(F)C(F)(F)C(F)(F)C(F)(F)C(F)(F)C(F)(F)C(F)(F)C(F)(F)C(F)(F)C(F)(F)C(F)(F)C(F)(F)C(F)(F)C(F)(F)F)CC(=O)O. The summed E-state index contributed by atoms with van der Waals surface area (Å²) >= 11 is 0. The third kappa shape index (κ3) is 7.02. The molecule has 0 aliphatic heterocycles. The largest absolute Gasteiger partial charge is 0.477 e. The average Bonchev–Trinajstić information content (AvgIpc) is 2.92. The molecule has 0 aromatic carbocycles. The first kappa shape index (κ1) is 51.4. The van der Waals surface area contributed by atoms with E-state index in [9.17, 15) is 132 Å². The van der Waals surface area contributed by atoms with Crippen LogP contribution in [-0.4, -0.2) is 126 Å². The van der Waals surface area contributed by atoms with Crippen LogP contribution in [0.2, 0.25) is 0 Å². The lowest BCUT2D eigenvalue weighted by molar-refractivity contribution is -0.883. The third-order valence-corrected chi connectivity index (χ3v) is 7.22. The number of nitrogens with zero attached hydrogens (tertiary/aromatic N) is 1. The van der Waals surface area contributed by atoms with E-state index in [0.29, 0.717) is 0 Å². The van der Waals surface area contributed by atoms with Crippen LogP contribution in [0.4, 0.5) is 127 Å². The number of carboxylic acid groups (broad SMARTS) is 1. The van der Waals surface area contributed by atoms with Crippen LogP contribution < -0.4 is 0 Å². The van der Waals surface area contributed by atoms with Gasteiger partial charge in [0.2, 0.25) is 0 Å². The van der Waals surface area contributed by atoms with E-state index in [1.807, 2.05) is 0 Å². The van der Waals surface area contributed by atoms with E-state index in [2.05, 4.69) is 0 Å². The standard InChI is InChI=1S/C22H16F29NO2/c1-52(2,7-8(53)54)6-4-3-5-9(23,24)10(25,26)11(27,28)12(29,30)13(31,32)14(33,34)15(35,36)16(37,38)17(39,40)18(41,42)19(43,44)20(45,46)21(47,48)22(49,50)51/h3-7H2,1-2H3/p+1. The smallest absolute Gasteiger partial charge is 0.460 e. The van der Waals surface area contributed by atoms with Crippen molar-refractivity contribution in [2.45, 2.75) is 102 Å². The Morgan fingerprint density at radius 3 is 0.833 bits per heavy atom. The number of hydrogen-bond donors (Lipinski definition) is 1. The molecule has 0 unspecified atom stereocenters. The Bertz CT molecular complexity index is 1350. The molecule has 0 saturated heterocycles. The van der Waals surface area contributed by atoms with Gasteiger partial charge in [-0.3, -0.25) is 0 Å². The molecule has 0 aromatic rings. The van der Waals surface area contributed by atoms with Crippen molar-refractivity contribution in [3.8, 4) is 0 Å². The van der Waals surface area contributed by atoms with Crippen LogP contribution in [0.1, 0.15) is 19.3 Å². The molecule has 0 saturated carbocycles. The first-order valence-corrected chi connectivity index (χ1v) is 12.9. The van der Waals surface area contributed by atoms with Crippen molar-refractivity contribution in [1.82, 2.24) is 0 Å². The summed E-state index contributed by atoms with van der Waals surface area (Å²) in [5.74, 6) is -122. The highest BCUT2D eigenvalue weighted by molar-refractivity contribution is 5.67. The van der Waals surface area contributed by atoms with Gasteiger partial charge in [-0.25, -0.2) is 4.79 Å². The zero-order chi connectivity index (χ0) is 44.6. The van der Waals surface area contributed by atoms with Crippen LogP contribution in [0.5, 0.6) is 0 Å². The highest BCUT2D eigenvalue weighted by Gasteiger charge is 3.00. The molecular weight excluding hydrogens is 861 g/mol. The maximum absolute atomic E-state index is 14.0. The molecule has 1 N–H and O–H groups in total. The summed E-state index contributed by atoms with van der Waals surface area (Å²) in [7, 11) is 1.97. The first-order chi connectivity index (χ1) is 22.9.